The Bertz CT molecular complexity index is 631. The van der Waals surface area contributed by atoms with Crippen molar-refractivity contribution in [3.8, 4) is 0 Å². The highest BCUT2D eigenvalue weighted by Crippen LogP contribution is 2.33. The highest BCUT2D eigenvalue weighted by molar-refractivity contribution is 5.76. The minimum absolute atomic E-state index is 0.0352. The number of hydrogen-bond acceptors (Lipinski definition) is 3. The molecule has 3 rings (SSSR count). The molecule has 1 aliphatic carbocycles. The number of rotatable bonds is 6. The number of benzene rings is 1. The average molecular weight is 348 g/mol. The molecule has 2 N–H and O–H groups in total. The van der Waals surface area contributed by atoms with E-state index in [4.69, 9.17) is 0 Å². The second-order valence-corrected chi connectivity index (χ2v) is 7.16. The Morgan fingerprint density at radius 3 is 2.68 bits per heavy atom. The third kappa shape index (κ3) is 4.57. The van der Waals surface area contributed by atoms with Crippen LogP contribution in [0.25, 0.3) is 0 Å². The van der Waals surface area contributed by atoms with Gasteiger partial charge in [0, 0.05) is 38.0 Å². The van der Waals surface area contributed by atoms with Crippen LogP contribution in [0.2, 0.25) is 0 Å². The van der Waals surface area contributed by atoms with Crippen molar-refractivity contribution < 1.29 is 19.1 Å². The number of amides is 1. The molecule has 5 nitrogen and oxygen atoms in total. The van der Waals surface area contributed by atoms with E-state index in [9.17, 15) is 19.1 Å². The Morgan fingerprint density at radius 1 is 1.24 bits per heavy atom. The van der Waals surface area contributed by atoms with E-state index in [-0.39, 0.29) is 17.6 Å². The first-order valence-corrected chi connectivity index (χ1v) is 9.03. The third-order valence-electron chi connectivity index (χ3n) is 5.36. The van der Waals surface area contributed by atoms with E-state index in [1.54, 1.807) is 12.1 Å². The van der Waals surface area contributed by atoms with Gasteiger partial charge in [0.15, 0.2) is 0 Å². The van der Waals surface area contributed by atoms with Gasteiger partial charge in [0.25, 0.3) is 0 Å². The van der Waals surface area contributed by atoms with Crippen LogP contribution in [0.4, 0.5) is 4.39 Å². The van der Waals surface area contributed by atoms with Gasteiger partial charge in [-0.05, 0) is 30.5 Å². The Labute approximate surface area is 147 Å². The summed E-state index contributed by atoms with van der Waals surface area (Å²) in [6, 6.07) is 6.47. The molecule has 2 aliphatic rings. The van der Waals surface area contributed by atoms with Crippen LogP contribution >= 0.6 is 0 Å². The van der Waals surface area contributed by atoms with E-state index >= 15 is 0 Å². The molecule has 0 spiro atoms. The Balaban J connectivity index is 1.56. The average Bonchev–Trinajstić information content (AvgIpc) is 3.22. The highest BCUT2D eigenvalue weighted by atomic mass is 19.1. The van der Waals surface area contributed by atoms with Crippen LogP contribution in [-0.4, -0.2) is 47.6 Å². The lowest BCUT2D eigenvalue weighted by Gasteiger charge is -2.17. The maximum Gasteiger partial charge on any atom is 0.308 e. The minimum Gasteiger partial charge on any atom is -0.481 e. The fourth-order valence-corrected chi connectivity index (χ4v) is 4.02. The number of carboxylic acids is 1. The van der Waals surface area contributed by atoms with Gasteiger partial charge in [-0.1, -0.05) is 25.0 Å². The van der Waals surface area contributed by atoms with E-state index in [2.05, 4.69) is 5.32 Å². The van der Waals surface area contributed by atoms with Gasteiger partial charge in [-0.25, -0.2) is 4.39 Å². The normalized spacial score (nSPS) is 24.5. The van der Waals surface area contributed by atoms with E-state index in [1.165, 1.54) is 25.0 Å². The molecule has 1 saturated heterocycles. The van der Waals surface area contributed by atoms with Crippen LogP contribution in [0.15, 0.2) is 24.3 Å². The number of aliphatic carboxylic acids is 1. The van der Waals surface area contributed by atoms with Crippen LogP contribution in [0.5, 0.6) is 0 Å². The molecule has 2 fully saturated rings. The Hall–Kier alpha value is -1.95. The zero-order valence-electron chi connectivity index (χ0n) is 14.3. The van der Waals surface area contributed by atoms with Gasteiger partial charge < -0.3 is 15.3 Å². The van der Waals surface area contributed by atoms with Gasteiger partial charge in [-0.15, -0.1) is 0 Å². The first-order chi connectivity index (χ1) is 12.0. The summed E-state index contributed by atoms with van der Waals surface area (Å²) in [5, 5.41) is 12.6. The summed E-state index contributed by atoms with van der Waals surface area (Å²) < 4.78 is 13.5. The molecule has 1 heterocycles. The number of carboxylic acid groups (broad SMARTS) is 1. The standard InChI is InChI=1S/C19H25FN2O3/c20-14-5-3-4-13(10-14)16-11-22(12-17(16)19(24)25)9-8-18(23)21-15-6-1-2-7-15/h3-5,10,15-17H,1-2,6-9,11-12H2,(H,21,23)(H,24,25)/t16-,17+/m0/s1. The van der Waals surface area contributed by atoms with Crippen molar-refractivity contribution in [2.75, 3.05) is 19.6 Å². The van der Waals surface area contributed by atoms with Crippen LogP contribution in [0, 0.1) is 11.7 Å². The summed E-state index contributed by atoms with van der Waals surface area (Å²) in [4.78, 5) is 25.7. The van der Waals surface area contributed by atoms with Gasteiger partial charge >= 0.3 is 5.97 Å². The van der Waals surface area contributed by atoms with E-state index in [1.807, 2.05) is 4.90 Å². The van der Waals surface area contributed by atoms with Gasteiger partial charge in [-0.2, -0.15) is 0 Å². The number of hydrogen-bond donors (Lipinski definition) is 2. The predicted octanol–water partition coefficient (Wildman–Crippen LogP) is 2.37. The lowest BCUT2D eigenvalue weighted by Crippen LogP contribution is -2.35. The Kier molecular flexibility index (Phi) is 5.68. The molecule has 2 atom stereocenters. The summed E-state index contributed by atoms with van der Waals surface area (Å²) in [5.41, 5.74) is 0.713. The first-order valence-electron chi connectivity index (χ1n) is 9.03. The quantitative estimate of drug-likeness (QED) is 0.828. The maximum absolute atomic E-state index is 13.5. The third-order valence-corrected chi connectivity index (χ3v) is 5.36. The monoisotopic (exact) mass is 348 g/mol. The van der Waals surface area contributed by atoms with Crippen molar-refractivity contribution in [2.24, 2.45) is 5.92 Å². The van der Waals surface area contributed by atoms with Crippen molar-refractivity contribution in [3.63, 3.8) is 0 Å². The predicted molar refractivity (Wildman–Crippen MR) is 91.7 cm³/mol. The van der Waals surface area contributed by atoms with Crippen LogP contribution in [-0.2, 0) is 9.59 Å². The molecule has 6 heteroatoms. The molecule has 1 saturated carbocycles. The molecular formula is C19H25FN2O3. The molecule has 0 unspecified atom stereocenters. The summed E-state index contributed by atoms with van der Waals surface area (Å²) in [6.07, 6.45) is 4.83. The molecule has 1 aliphatic heterocycles. The number of carbonyl (C=O) groups excluding carboxylic acids is 1. The van der Waals surface area contributed by atoms with E-state index < -0.39 is 11.9 Å². The lowest BCUT2D eigenvalue weighted by molar-refractivity contribution is -0.141. The second-order valence-electron chi connectivity index (χ2n) is 7.16. The maximum atomic E-state index is 13.5. The van der Waals surface area contributed by atoms with Crippen molar-refractivity contribution in [1.82, 2.24) is 10.2 Å². The SMILES string of the molecule is O=C(CCN1C[C@@H](C(=O)O)[C@H](c2cccc(F)c2)C1)NC1CCCC1. The number of carbonyl (C=O) groups is 2. The molecule has 0 aromatic heterocycles. The van der Waals surface area contributed by atoms with Crippen molar-refractivity contribution >= 4 is 11.9 Å². The van der Waals surface area contributed by atoms with E-state index in [0.717, 1.165) is 12.8 Å². The smallest absolute Gasteiger partial charge is 0.308 e. The van der Waals surface area contributed by atoms with Crippen LogP contribution in [0.1, 0.15) is 43.6 Å². The molecule has 25 heavy (non-hydrogen) atoms. The molecule has 0 bridgehead atoms. The zero-order chi connectivity index (χ0) is 17.8. The number of nitrogens with zero attached hydrogens (tertiary/aromatic N) is 1. The Morgan fingerprint density at radius 2 is 2.00 bits per heavy atom. The molecule has 1 aromatic carbocycles. The summed E-state index contributed by atoms with van der Waals surface area (Å²) in [5.74, 6) is -2.00. The minimum atomic E-state index is -0.868. The van der Waals surface area contributed by atoms with Crippen LogP contribution in [0.3, 0.4) is 0 Å². The van der Waals surface area contributed by atoms with Gasteiger partial charge in [0.05, 0.1) is 5.92 Å². The second kappa shape index (κ2) is 7.95. The van der Waals surface area contributed by atoms with Crippen molar-refractivity contribution in [2.45, 2.75) is 44.1 Å². The number of nitrogens with one attached hydrogen (secondary N) is 1. The fraction of sp³-hybridized carbons (Fsp3) is 0.579. The molecule has 1 aromatic rings. The molecule has 136 valence electrons. The van der Waals surface area contributed by atoms with Gasteiger partial charge in [0.2, 0.25) is 5.91 Å². The van der Waals surface area contributed by atoms with Gasteiger partial charge in [0.1, 0.15) is 5.82 Å². The van der Waals surface area contributed by atoms with Crippen molar-refractivity contribution in [1.29, 1.82) is 0 Å². The fourth-order valence-electron chi connectivity index (χ4n) is 4.02. The lowest BCUT2D eigenvalue weighted by atomic mass is 9.89. The molecule has 1 amide bonds. The zero-order valence-corrected chi connectivity index (χ0v) is 14.3. The first kappa shape index (κ1) is 17.9. The highest BCUT2D eigenvalue weighted by Gasteiger charge is 2.38. The number of likely N-dealkylation sites (tertiary alicyclic amines) is 1. The summed E-state index contributed by atoms with van der Waals surface area (Å²) in [7, 11) is 0. The van der Waals surface area contributed by atoms with Gasteiger partial charge in [-0.3, -0.25) is 9.59 Å². The topological polar surface area (TPSA) is 69.6 Å². The van der Waals surface area contributed by atoms with E-state index in [0.29, 0.717) is 37.7 Å². The van der Waals surface area contributed by atoms with Crippen LogP contribution < -0.4 is 5.32 Å². The largest absolute Gasteiger partial charge is 0.481 e. The molecular weight excluding hydrogens is 323 g/mol. The summed E-state index contributed by atoms with van der Waals surface area (Å²) >= 11 is 0. The van der Waals surface area contributed by atoms with Crippen molar-refractivity contribution in [3.05, 3.63) is 35.6 Å². The molecule has 0 radical (unpaired) electrons. The summed E-state index contributed by atoms with van der Waals surface area (Å²) in [6.45, 7) is 1.47. The number of halogens is 1.